The fourth-order valence-corrected chi connectivity index (χ4v) is 2.29. The standard InChI is InChI=1S/C13H23N3O2/c1-2-14-6-5-12(17)15-7-9-16(10-8-15)13(18)11-3-4-11/h11,14H,2-10H2,1H3. The summed E-state index contributed by atoms with van der Waals surface area (Å²) in [6.07, 6.45) is 2.67. The van der Waals surface area contributed by atoms with E-state index in [9.17, 15) is 9.59 Å². The molecule has 18 heavy (non-hydrogen) atoms. The maximum absolute atomic E-state index is 11.9. The van der Waals surface area contributed by atoms with Gasteiger partial charge in [-0.2, -0.15) is 0 Å². The smallest absolute Gasteiger partial charge is 0.225 e. The Balaban J connectivity index is 1.68. The molecule has 2 amide bonds. The number of nitrogens with one attached hydrogen (secondary N) is 1. The molecule has 1 N–H and O–H groups in total. The van der Waals surface area contributed by atoms with Crippen molar-refractivity contribution in [1.29, 1.82) is 0 Å². The van der Waals surface area contributed by atoms with Crippen molar-refractivity contribution >= 4 is 11.8 Å². The number of hydrogen-bond donors (Lipinski definition) is 1. The van der Waals surface area contributed by atoms with E-state index in [0.717, 1.165) is 25.9 Å². The fourth-order valence-electron chi connectivity index (χ4n) is 2.29. The van der Waals surface area contributed by atoms with E-state index >= 15 is 0 Å². The highest BCUT2D eigenvalue weighted by Gasteiger charge is 2.34. The van der Waals surface area contributed by atoms with E-state index in [-0.39, 0.29) is 5.91 Å². The highest BCUT2D eigenvalue weighted by Crippen LogP contribution is 2.31. The first-order valence-electron chi connectivity index (χ1n) is 6.99. The monoisotopic (exact) mass is 253 g/mol. The van der Waals surface area contributed by atoms with Crippen molar-refractivity contribution in [2.45, 2.75) is 26.2 Å². The van der Waals surface area contributed by atoms with Gasteiger partial charge in [-0.3, -0.25) is 9.59 Å². The number of amides is 2. The lowest BCUT2D eigenvalue weighted by Crippen LogP contribution is -2.51. The van der Waals surface area contributed by atoms with E-state index in [1.165, 1.54) is 0 Å². The zero-order chi connectivity index (χ0) is 13.0. The third-order valence-electron chi connectivity index (χ3n) is 3.64. The number of carbonyl (C=O) groups is 2. The molecule has 0 aromatic rings. The van der Waals surface area contributed by atoms with Gasteiger partial charge in [-0.05, 0) is 19.4 Å². The van der Waals surface area contributed by atoms with E-state index in [1.54, 1.807) is 0 Å². The summed E-state index contributed by atoms with van der Waals surface area (Å²) in [5.41, 5.74) is 0. The second-order valence-electron chi connectivity index (χ2n) is 5.08. The van der Waals surface area contributed by atoms with Crippen LogP contribution in [0.5, 0.6) is 0 Å². The van der Waals surface area contributed by atoms with Crippen LogP contribution in [0.1, 0.15) is 26.2 Å². The molecule has 1 aliphatic heterocycles. The van der Waals surface area contributed by atoms with Crippen LogP contribution in [0, 0.1) is 5.92 Å². The average molecular weight is 253 g/mol. The van der Waals surface area contributed by atoms with Crippen molar-refractivity contribution in [2.75, 3.05) is 39.3 Å². The second-order valence-corrected chi connectivity index (χ2v) is 5.08. The van der Waals surface area contributed by atoms with Gasteiger partial charge in [0.2, 0.25) is 11.8 Å². The molecule has 0 unspecified atom stereocenters. The van der Waals surface area contributed by atoms with Gasteiger partial charge >= 0.3 is 0 Å². The number of carbonyl (C=O) groups excluding carboxylic acids is 2. The molecule has 5 heteroatoms. The molecule has 0 spiro atoms. The van der Waals surface area contributed by atoms with Crippen LogP contribution in [0.25, 0.3) is 0 Å². The molecule has 0 atom stereocenters. The maximum Gasteiger partial charge on any atom is 0.225 e. The summed E-state index contributed by atoms with van der Waals surface area (Å²) < 4.78 is 0. The fraction of sp³-hybridized carbons (Fsp3) is 0.846. The molecule has 1 aliphatic carbocycles. The highest BCUT2D eigenvalue weighted by molar-refractivity contribution is 5.81. The molecule has 0 bridgehead atoms. The van der Waals surface area contributed by atoms with Crippen molar-refractivity contribution in [3.8, 4) is 0 Å². The molecule has 1 heterocycles. The van der Waals surface area contributed by atoms with E-state index in [2.05, 4.69) is 5.32 Å². The quantitative estimate of drug-likeness (QED) is 0.705. The maximum atomic E-state index is 11.9. The Morgan fingerprint density at radius 2 is 1.72 bits per heavy atom. The van der Waals surface area contributed by atoms with Gasteiger partial charge in [-0.1, -0.05) is 6.92 Å². The van der Waals surface area contributed by atoms with E-state index in [0.29, 0.717) is 44.4 Å². The first kappa shape index (κ1) is 13.3. The molecular weight excluding hydrogens is 230 g/mol. The summed E-state index contributed by atoms with van der Waals surface area (Å²) in [6, 6.07) is 0. The molecular formula is C13H23N3O2. The van der Waals surface area contributed by atoms with Crippen molar-refractivity contribution in [3.63, 3.8) is 0 Å². The van der Waals surface area contributed by atoms with Gasteiger partial charge in [0.15, 0.2) is 0 Å². The van der Waals surface area contributed by atoms with Gasteiger partial charge in [0, 0.05) is 45.1 Å². The Morgan fingerprint density at radius 3 is 2.28 bits per heavy atom. The van der Waals surface area contributed by atoms with E-state index < -0.39 is 0 Å². The molecule has 0 aromatic heterocycles. The minimum absolute atomic E-state index is 0.203. The minimum atomic E-state index is 0.203. The topological polar surface area (TPSA) is 52.7 Å². The predicted octanol–water partition coefficient (Wildman–Crippen LogP) is 0.0668. The molecule has 102 valence electrons. The Hall–Kier alpha value is -1.10. The third-order valence-corrected chi connectivity index (χ3v) is 3.64. The van der Waals surface area contributed by atoms with Crippen molar-refractivity contribution < 1.29 is 9.59 Å². The zero-order valence-electron chi connectivity index (χ0n) is 11.2. The number of piperazine rings is 1. The van der Waals surface area contributed by atoms with Gasteiger partial charge in [0.05, 0.1) is 0 Å². The zero-order valence-corrected chi connectivity index (χ0v) is 11.2. The Morgan fingerprint density at radius 1 is 1.11 bits per heavy atom. The average Bonchev–Trinajstić information content (AvgIpc) is 3.22. The molecule has 0 radical (unpaired) electrons. The Bertz CT molecular complexity index is 307. The van der Waals surface area contributed by atoms with Crippen molar-refractivity contribution in [2.24, 2.45) is 5.92 Å². The lowest BCUT2D eigenvalue weighted by atomic mass is 10.2. The molecule has 2 fully saturated rings. The van der Waals surface area contributed by atoms with E-state index in [1.807, 2.05) is 16.7 Å². The highest BCUT2D eigenvalue weighted by atomic mass is 16.2. The van der Waals surface area contributed by atoms with E-state index in [4.69, 9.17) is 0 Å². The largest absolute Gasteiger partial charge is 0.339 e. The van der Waals surface area contributed by atoms with Crippen LogP contribution in [0.3, 0.4) is 0 Å². The minimum Gasteiger partial charge on any atom is -0.339 e. The SMILES string of the molecule is CCNCCC(=O)N1CCN(C(=O)C2CC2)CC1. The summed E-state index contributed by atoms with van der Waals surface area (Å²) in [5.74, 6) is 0.797. The van der Waals surface area contributed by atoms with Crippen LogP contribution in [-0.2, 0) is 9.59 Å². The van der Waals surface area contributed by atoms with Crippen LogP contribution < -0.4 is 5.32 Å². The van der Waals surface area contributed by atoms with Crippen LogP contribution >= 0.6 is 0 Å². The van der Waals surface area contributed by atoms with Crippen LogP contribution in [-0.4, -0.2) is 60.9 Å². The summed E-state index contributed by atoms with van der Waals surface area (Å²) in [4.78, 5) is 27.5. The second kappa shape index (κ2) is 6.18. The van der Waals surface area contributed by atoms with Gasteiger partial charge in [-0.25, -0.2) is 0 Å². The van der Waals surface area contributed by atoms with Gasteiger partial charge < -0.3 is 15.1 Å². The molecule has 2 aliphatic rings. The molecule has 1 saturated heterocycles. The summed E-state index contributed by atoms with van der Waals surface area (Å²) in [7, 11) is 0. The van der Waals surface area contributed by atoms with Crippen LogP contribution in [0.4, 0.5) is 0 Å². The molecule has 0 aromatic carbocycles. The first-order chi connectivity index (χ1) is 8.72. The van der Waals surface area contributed by atoms with Gasteiger partial charge in [0.1, 0.15) is 0 Å². The first-order valence-corrected chi connectivity index (χ1v) is 6.99. The third kappa shape index (κ3) is 3.45. The van der Waals surface area contributed by atoms with Crippen LogP contribution in [0.15, 0.2) is 0 Å². The lowest BCUT2D eigenvalue weighted by Gasteiger charge is -2.35. The van der Waals surface area contributed by atoms with Gasteiger partial charge in [-0.15, -0.1) is 0 Å². The molecule has 1 saturated carbocycles. The molecule has 5 nitrogen and oxygen atoms in total. The number of hydrogen-bond acceptors (Lipinski definition) is 3. The summed E-state index contributed by atoms with van der Waals surface area (Å²) >= 11 is 0. The summed E-state index contributed by atoms with van der Waals surface area (Å²) in [5, 5.41) is 3.16. The Labute approximate surface area is 108 Å². The number of nitrogens with zero attached hydrogens (tertiary/aromatic N) is 2. The number of rotatable bonds is 5. The normalized spacial score (nSPS) is 20.1. The molecule has 2 rings (SSSR count). The van der Waals surface area contributed by atoms with Crippen LogP contribution in [0.2, 0.25) is 0 Å². The lowest BCUT2D eigenvalue weighted by molar-refractivity contribution is -0.140. The Kier molecular flexibility index (Phi) is 4.58. The van der Waals surface area contributed by atoms with Crippen molar-refractivity contribution in [1.82, 2.24) is 15.1 Å². The summed E-state index contributed by atoms with van der Waals surface area (Å²) in [6.45, 7) is 6.50. The van der Waals surface area contributed by atoms with Crippen molar-refractivity contribution in [3.05, 3.63) is 0 Å². The predicted molar refractivity (Wildman–Crippen MR) is 69.0 cm³/mol. The van der Waals surface area contributed by atoms with Gasteiger partial charge in [0.25, 0.3) is 0 Å².